The average Bonchev–Trinajstić information content (AvgIpc) is 3.35. The number of nitrogens with one attached hydrogen (secondary N) is 4. The summed E-state index contributed by atoms with van der Waals surface area (Å²) in [5.74, 6) is -4.99. The summed E-state index contributed by atoms with van der Waals surface area (Å²) in [5.41, 5.74) is 3.47. The summed E-state index contributed by atoms with van der Waals surface area (Å²) in [6, 6.07) is 3.14. The lowest BCUT2D eigenvalue weighted by molar-refractivity contribution is -0.320. The monoisotopic (exact) mass is 1020 g/mol. The van der Waals surface area contributed by atoms with Gasteiger partial charge < -0.3 is 51.0 Å². The number of rotatable bonds is 12. The van der Waals surface area contributed by atoms with Gasteiger partial charge in [0.25, 0.3) is 5.91 Å². The van der Waals surface area contributed by atoms with E-state index in [1.54, 1.807) is 51.1 Å². The Bertz CT molecular complexity index is 2210. The summed E-state index contributed by atoms with van der Waals surface area (Å²) in [6.07, 6.45) is 12.5. The lowest BCUT2D eigenvalue weighted by atomic mass is 9.55. The molecule has 404 valence electrons. The Labute approximate surface area is 431 Å². The molecule has 1 aromatic rings. The molecule has 4 fully saturated rings. The van der Waals surface area contributed by atoms with E-state index < -0.39 is 102 Å². The number of cyclic esters (lactones) is 1. The van der Waals surface area contributed by atoms with Crippen LogP contribution in [0.5, 0.6) is 5.75 Å². The van der Waals surface area contributed by atoms with Gasteiger partial charge in [-0.05, 0) is 87.0 Å². The maximum Gasteiger partial charge on any atom is 0.325 e. The number of fused-ring (bicyclic) bond motifs is 2. The molecule has 1 saturated carbocycles. The third kappa shape index (κ3) is 13.9. The van der Waals surface area contributed by atoms with Gasteiger partial charge in [0.2, 0.25) is 17.7 Å². The van der Waals surface area contributed by atoms with Crippen molar-refractivity contribution in [3.8, 4) is 5.75 Å². The summed E-state index contributed by atoms with van der Waals surface area (Å²) >= 11 is 0. The number of aliphatic hydroxyl groups is 4. The van der Waals surface area contributed by atoms with Crippen LogP contribution in [0.15, 0.2) is 72.4 Å². The van der Waals surface area contributed by atoms with Gasteiger partial charge >= 0.3 is 5.97 Å². The molecule has 6 rings (SSSR count). The summed E-state index contributed by atoms with van der Waals surface area (Å²) in [4.78, 5) is 69.0. The second-order valence-electron chi connectivity index (χ2n) is 21.9. The number of benzene rings is 1. The normalized spacial score (nSPS) is 37.0. The van der Waals surface area contributed by atoms with Crippen molar-refractivity contribution in [1.82, 2.24) is 26.4 Å². The highest BCUT2D eigenvalue weighted by atomic mass is 16.5. The number of phenols is 1. The smallest absolute Gasteiger partial charge is 0.325 e. The summed E-state index contributed by atoms with van der Waals surface area (Å²) in [7, 11) is 0. The second kappa shape index (κ2) is 25.6. The lowest BCUT2D eigenvalue weighted by Crippen LogP contribution is -2.78. The van der Waals surface area contributed by atoms with Gasteiger partial charge in [-0.25, -0.2) is 5.43 Å². The fourth-order valence-electron chi connectivity index (χ4n) is 11.1. The Hall–Kier alpha value is -4.91. The molecule has 17 nitrogen and oxygen atoms in total. The molecule has 17 heteroatoms. The number of amides is 4. The van der Waals surface area contributed by atoms with Gasteiger partial charge in [0.15, 0.2) is 0 Å². The van der Waals surface area contributed by atoms with Crippen molar-refractivity contribution in [3.05, 3.63) is 77.9 Å². The molecule has 5 aliphatic rings. The highest BCUT2D eigenvalue weighted by molar-refractivity contribution is 5.93. The van der Waals surface area contributed by atoms with Crippen LogP contribution >= 0.6 is 0 Å². The Balaban J connectivity index is 1.15. The first-order valence-electron chi connectivity index (χ1n) is 26.7. The molecule has 2 bridgehead atoms. The predicted molar refractivity (Wildman–Crippen MR) is 274 cm³/mol. The van der Waals surface area contributed by atoms with E-state index in [0.717, 1.165) is 24.8 Å². The van der Waals surface area contributed by atoms with E-state index in [9.17, 15) is 49.5 Å². The van der Waals surface area contributed by atoms with Crippen LogP contribution in [0.4, 0.5) is 0 Å². The van der Waals surface area contributed by atoms with Crippen molar-refractivity contribution in [3.63, 3.8) is 0 Å². The van der Waals surface area contributed by atoms with Crippen LogP contribution < -0.4 is 21.4 Å². The van der Waals surface area contributed by atoms with Crippen LogP contribution in [-0.4, -0.2) is 127 Å². The van der Waals surface area contributed by atoms with Gasteiger partial charge in [-0.2, -0.15) is 0 Å². The first-order chi connectivity index (χ1) is 34.6. The quantitative estimate of drug-likeness (QED) is 0.104. The molecule has 0 aromatic heterocycles. The number of hydrogen-bond acceptors (Lipinski definition) is 13. The number of aliphatic hydroxyl groups excluding tert-OH is 4. The van der Waals surface area contributed by atoms with E-state index in [1.165, 1.54) is 30.1 Å². The number of nitrogens with zero attached hydrogens (tertiary/aromatic N) is 1. The molecule has 0 radical (unpaired) electrons. The molecule has 17 atom stereocenters. The molecule has 4 aliphatic heterocycles. The van der Waals surface area contributed by atoms with Crippen LogP contribution in [0.25, 0.3) is 0 Å². The zero-order valence-electron chi connectivity index (χ0n) is 44.0. The highest BCUT2D eigenvalue weighted by Crippen LogP contribution is 2.57. The van der Waals surface area contributed by atoms with Crippen LogP contribution in [-0.2, 0) is 39.9 Å². The van der Waals surface area contributed by atoms with Crippen LogP contribution in [0.3, 0.4) is 0 Å². The van der Waals surface area contributed by atoms with Crippen molar-refractivity contribution < 1.29 is 59.0 Å². The van der Waals surface area contributed by atoms with E-state index >= 15 is 0 Å². The van der Waals surface area contributed by atoms with Gasteiger partial charge in [0, 0.05) is 55.4 Å². The summed E-state index contributed by atoms with van der Waals surface area (Å²) in [6.45, 7) is 14.6. The number of hydrazine groups is 1. The fourth-order valence-corrected chi connectivity index (χ4v) is 11.1. The molecular weight excluding hydrogens is 935 g/mol. The summed E-state index contributed by atoms with van der Waals surface area (Å²) < 4.78 is 12.8. The van der Waals surface area contributed by atoms with E-state index in [-0.39, 0.29) is 60.6 Å². The van der Waals surface area contributed by atoms with E-state index in [1.807, 2.05) is 45.9 Å². The van der Waals surface area contributed by atoms with Crippen molar-refractivity contribution in [1.29, 1.82) is 0 Å². The molecule has 1 unspecified atom stereocenters. The van der Waals surface area contributed by atoms with Crippen LogP contribution in [0, 0.1) is 47.3 Å². The number of esters is 1. The van der Waals surface area contributed by atoms with E-state index in [2.05, 4.69) is 21.4 Å². The van der Waals surface area contributed by atoms with Crippen LogP contribution in [0.2, 0.25) is 0 Å². The molecule has 3 saturated heterocycles. The van der Waals surface area contributed by atoms with E-state index in [0.29, 0.717) is 37.7 Å². The third-order valence-corrected chi connectivity index (χ3v) is 16.4. The molecule has 4 amide bonds. The number of aromatic hydroxyl groups is 1. The first-order valence-corrected chi connectivity index (χ1v) is 26.7. The number of phenolic OH excluding ortho intramolecular Hbond substituents is 1. The minimum absolute atomic E-state index is 0.0169. The zero-order chi connectivity index (χ0) is 53.3. The lowest BCUT2D eigenvalue weighted by Gasteiger charge is -2.65. The Kier molecular flexibility index (Phi) is 20.1. The third-order valence-electron chi connectivity index (χ3n) is 16.4. The topological polar surface area (TPSA) is 256 Å². The number of carbonyl (C=O) groups excluding carboxylic acids is 5. The molecule has 4 heterocycles. The van der Waals surface area contributed by atoms with Crippen molar-refractivity contribution in [2.75, 3.05) is 6.54 Å². The zero-order valence-corrected chi connectivity index (χ0v) is 44.0. The number of hydrogen-bond donors (Lipinski definition) is 9. The molecule has 9 N–H and O–H groups in total. The SMILES string of the molecule is CC[C@H]1C[C@@H]2C[C@H]3[C@@H](O)[C@@H](C)[C@H](C[C@H](O)[C@@H](C)CC/C=C/C=C(\C)[C@@H]4C/C=C/C=C/[C@H](O)[C@H](C)[C@@H](O)[C@@H](C)C(=O)N[C@@H](C(C)C)C(=O)N[C@@H](Cc5cccc(O)c5)C(=O)N5CCCC(N5)C(=O)O4)O[C@]23NC1=O. The first kappa shape index (κ1) is 57.4. The van der Waals surface area contributed by atoms with Gasteiger partial charge in [0.05, 0.1) is 36.4 Å². The molecule has 73 heavy (non-hydrogen) atoms. The van der Waals surface area contributed by atoms with Crippen molar-refractivity contribution in [2.45, 2.75) is 180 Å². The molecular formula is C56H83N5O12. The fraction of sp³-hybridized carbons (Fsp3) is 0.661. The van der Waals surface area contributed by atoms with Crippen LogP contribution in [0.1, 0.15) is 119 Å². The standard InChI is InChI=1S/C56H83N5O12/c1-9-38-28-39-29-41-50(66)35(7)47(73-56(39,41)59-52(38)68)30-45(64)32(4)18-12-10-13-19-33(5)46-24-15-11-14-23-44(63)34(6)49(65)36(8)51(67)58-48(31(2)3)53(69)57-43(27-37-20-16-21-40(62)26-37)54(70)61-25-17-22-42(60-61)55(71)72-46/h10-11,13-16,19-21,23,26,31-32,34-36,38-39,41-50,60,62-66H,9,12,17-18,22,24-25,27-30H2,1-8H3,(H,57,69)(H,58,67)(H,59,68)/b13-10+,15-11+,23-14+,33-19+/t32-,34-,35-,36+,38-,39+,41-,42?,43-,44-,45-,46-,47-,48-,49+,50-,56+/m0/s1. The number of allylic oxidation sites excluding steroid dienone is 5. The van der Waals surface area contributed by atoms with Crippen molar-refractivity contribution >= 4 is 29.6 Å². The minimum atomic E-state index is -1.29. The number of ether oxygens (including phenoxy) is 2. The Morgan fingerprint density at radius 3 is 2.42 bits per heavy atom. The Morgan fingerprint density at radius 2 is 1.71 bits per heavy atom. The second-order valence-corrected chi connectivity index (χ2v) is 21.9. The minimum Gasteiger partial charge on any atom is -0.508 e. The predicted octanol–water partition coefficient (Wildman–Crippen LogP) is 4.42. The Morgan fingerprint density at radius 1 is 0.959 bits per heavy atom. The van der Waals surface area contributed by atoms with Gasteiger partial charge in [-0.15, -0.1) is 0 Å². The largest absolute Gasteiger partial charge is 0.508 e. The molecule has 1 aromatic carbocycles. The van der Waals surface area contributed by atoms with Crippen molar-refractivity contribution in [2.24, 2.45) is 47.3 Å². The van der Waals surface area contributed by atoms with E-state index in [4.69, 9.17) is 9.47 Å². The average molecular weight is 1020 g/mol. The number of piperidine rings is 1. The molecule has 1 spiro atoms. The number of carbonyl (C=O) groups is 5. The molecule has 1 aliphatic carbocycles. The highest BCUT2D eigenvalue weighted by Gasteiger charge is 2.67. The summed E-state index contributed by atoms with van der Waals surface area (Å²) in [5, 5.41) is 65.2. The van der Waals surface area contributed by atoms with Gasteiger partial charge in [-0.3, -0.25) is 29.0 Å². The van der Waals surface area contributed by atoms with Gasteiger partial charge in [0.1, 0.15) is 35.7 Å². The maximum atomic E-state index is 14.4. The maximum absolute atomic E-state index is 14.4. The van der Waals surface area contributed by atoms with Gasteiger partial charge in [-0.1, -0.05) is 103 Å².